The molecule has 1 aliphatic rings. The molecule has 8 heteroatoms. The highest BCUT2D eigenvalue weighted by molar-refractivity contribution is 7.94. The van der Waals surface area contributed by atoms with E-state index in [9.17, 15) is 8.42 Å². The van der Waals surface area contributed by atoms with Gasteiger partial charge >= 0.3 is 0 Å². The molecule has 1 aliphatic heterocycles. The van der Waals surface area contributed by atoms with Crippen LogP contribution in [0.3, 0.4) is 0 Å². The fourth-order valence-electron chi connectivity index (χ4n) is 2.21. The maximum atomic E-state index is 11.8. The van der Waals surface area contributed by atoms with Gasteiger partial charge in [-0.25, -0.2) is 18.0 Å². The molecular weight excluding hydrogens is 266 g/mol. The van der Waals surface area contributed by atoms with E-state index in [2.05, 4.69) is 5.10 Å². The molecule has 0 saturated carbocycles. The van der Waals surface area contributed by atoms with E-state index in [1.165, 1.54) is 10.8 Å². The maximum absolute atomic E-state index is 11.8. The topological polar surface area (TPSA) is 105 Å². The van der Waals surface area contributed by atoms with Crippen LogP contribution in [0.1, 0.15) is 30.2 Å². The fraction of sp³-hybridized carbons (Fsp3) is 0.455. The summed E-state index contributed by atoms with van der Waals surface area (Å²) in [6, 6.07) is 0. The second kappa shape index (κ2) is 4.36. The zero-order valence-corrected chi connectivity index (χ0v) is 11.8. The van der Waals surface area contributed by atoms with E-state index in [0.717, 1.165) is 22.4 Å². The Kier molecular flexibility index (Phi) is 3.12. The van der Waals surface area contributed by atoms with Crippen molar-refractivity contribution in [3.05, 3.63) is 22.0 Å². The summed E-state index contributed by atoms with van der Waals surface area (Å²) in [5.41, 5.74) is 8.30. The van der Waals surface area contributed by atoms with E-state index in [1.54, 1.807) is 6.19 Å². The Labute approximate surface area is 111 Å². The highest BCUT2D eigenvalue weighted by Gasteiger charge is 2.33. The number of rotatable bonds is 2. The number of hydrogen-bond donors (Lipinski definition) is 1. The first kappa shape index (κ1) is 13.6. The molecular formula is C11H15N5O2S. The standard InChI is InChI=1S/C11H15N5O2S/c1-4-8-7(2)14-16-9(8)5-10(19(3,17)18)15(6-12)11(16)13/h5,11H,4,13H2,1-3H3. The van der Waals surface area contributed by atoms with Gasteiger partial charge in [0.05, 0.1) is 11.4 Å². The predicted octanol–water partition coefficient (Wildman–Crippen LogP) is 0.308. The van der Waals surface area contributed by atoms with Crippen molar-refractivity contribution in [3.8, 4) is 6.19 Å². The van der Waals surface area contributed by atoms with Gasteiger partial charge in [-0.15, -0.1) is 0 Å². The first-order chi connectivity index (χ1) is 8.81. The Morgan fingerprint density at radius 3 is 2.68 bits per heavy atom. The van der Waals surface area contributed by atoms with E-state index in [0.29, 0.717) is 12.1 Å². The van der Waals surface area contributed by atoms with Crippen LogP contribution in [0.5, 0.6) is 0 Å². The van der Waals surface area contributed by atoms with Crippen molar-refractivity contribution >= 4 is 15.9 Å². The van der Waals surface area contributed by atoms with Crippen LogP contribution in [0.2, 0.25) is 0 Å². The van der Waals surface area contributed by atoms with Crippen LogP contribution in [-0.2, 0) is 16.3 Å². The average Bonchev–Trinajstić information content (AvgIpc) is 2.64. The van der Waals surface area contributed by atoms with Crippen LogP contribution >= 0.6 is 0 Å². The summed E-state index contributed by atoms with van der Waals surface area (Å²) in [5, 5.41) is 13.3. The monoisotopic (exact) mass is 281 g/mol. The van der Waals surface area contributed by atoms with Gasteiger partial charge in [0.25, 0.3) is 0 Å². The van der Waals surface area contributed by atoms with Gasteiger partial charge in [0.2, 0.25) is 0 Å². The smallest absolute Gasteiger partial charge is 0.191 e. The van der Waals surface area contributed by atoms with Crippen molar-refractivity contribution in [3.63, 3.8) is 0 Å². The number of nitrogens with zero attached hydrogens (tertiary/aromatic N) is 4. The van der Waals surface area contributed by atoms with Crippen molar-refractivity contribution in [2.45, 2.75) is 26.6 Å². The molecule has 19 heavy (non-hydrogen) atoms. The van der Waals surface area contributed by atoms with Gasteiger partial charge in [-0.3, -0.25) is 5.73 Å². The summed E-state index contributed by atoms with van der Waals surface area (Å²) in [5.74, 6) is 0. The third-order valence-electron chi connectivity index (χ3n) is 3.10. The van der Waals surface area contributed by atoms with Gasteiger partial charge in [0, 0.05) is 17.9 Å². The SMILES string of the molecule is CCc1c(C)nn2c1C=C(S(C)(=O)=O)N(C#N)C2N. The molecule has 1 aromatic heterocycles. The molecule has 1 atom stereocenters. The summed E-state index contributed by atoms with van der Waals surface area (Å²) in [6.45, 7) is 3.79. The highest BCUT2D eigenvalue weighted by Crippen LogP contribution is 2.30. The van der Waals surface area contributed by atoms with Crippen molar-refractivity contribution in [2.75, 3.05) is 6.26 Å². The third-order valence-corrected chi connectivity index (χ3v) is 4.18. The molecule has 102 valence electrons. The van der Waals surface area contributed by atoms with E-state index >= 15 is 0 Å². The number of fused-ring (bicyclic) bond motifs is 1. The van der Waals surface area contributed by atoms with Crippen molar-refractivity contribution in [2.24, 2.45) is 5.73 Å². The Balaban J connectivity index is 2.76. The van der Waals surface area contributed by atoms with Crippen LogP contribution in [0.25, 0.3) is 6.08 Å². The molecule has 0 saturated heterocycles. The molecule has 0 bridgehead atoms. The second-order valence-corrected chi connectivity index (χ2v) is 6.35. The molecule has 0 radical (unpaired) electrons. The van der Waals surface area contributed by atoms with Crippen LogP contribution in [0.15, 0.2) is 5.03 Å². The molecule has 0 fully saturated rings. The number of nitrogens with two attached hydrogens (primary N) is 1. The van der Waals surface area contributed by atoms with Gasteiger partial charge in [0.15, 0.2) is 22.3 Å². The zero-order chi connectivity index (χ0) is 14.4. The molecule has 0 amide bonds. The normalized spacial score (nSPS) is 18.8. The fourth-order valence-corrected chi connectivity index (χ4v) is 3.04. The van der Waals surface area contributed by atoms with E-state index < -0.39 is 16.1 Å². The largest absolute Gasteiger partial charge is 0.291 e. The molecule has 1 aromatic rings. The lowest BCUT2D eigenvalue weighted by Gasteiger charge is -2.29. The number of aryl methyl sites for hydroxylation is 1. The summed E-state index contributed by atoms with van der Waals surface area (Å²) >= 11 is 0. The van der Waals surface area contributed by atoms with Gasteiger partial charge in [-0.1, -0.05) is 6.92 Å². The quantitative estimate of drug-likeness (QED) is 0.782. The molecule has 2 rings (SSSR count). The maximum Gasteiger partial charge on any atom is 0.191 e. The lowest BCUT2D eigenvalue weighted by molar-refractivity contribution is 0.254. The molecule has 2 heterocycles. The predicted molar refractivity (Wildman–Crippen MR) is 69.8 cm³/mol. The minimum absolute atomic E-state index is 0.0930. The molecule has 1 unspecified atom stereocenters. The molecule has 0 spiro atoms. The van der Waals surface area contributed by atoms with Crippen LogP contribution < -0.4 is 5.73 Å². The van der Waals surface area contributed by atoms with Gasteiger partial charge < -0.3 is 0 Å². The Morgan fingerprint density at radius 1 is 1.58 bits per heavy atom. The minimum atomic E-state index is -3.54. The van der Waals surface area contributed by atoms with Gasteiger partial charge in [-0.2, -0.15) is 10.4 Å². The molecule has 7 nitrogen and oxygen atoms in total. The molecule has 0 aliphatic carbocycles. The summed E-state index contributed by atoms with van der Waals surface area (Å²) in [7, 11) is -3.54. The Hall–Kier alpha value is -1.85. The molecule has 0 aromatic carbocycles. The van der Waals surface area contributed by atoms with Crippen LogP contribution in [0, 0.1) is 18.4 Å². The third kappa shape index (κ3) is 2.01. The van der Waals surface area contributed by atoms with Crippen LogP contribution in [0.4, 0.5) is 0 Å². The summed E-state index contributed by atoms with van der Waals surface area (Å²) < 4.78 is 25.0. The lowest BCUT2D eigenvalue weighted by Crippen LogP contribution is -2.40. The zero-order valence-electron chi connectivity index (χ0n) is 11.0. The first-order valence-electron chi connectivity index (χ1n) is 5.75. The lowest BCUT2D eigenvalue weighted by atomic mass is 10.1. The van der Waals surface area contributed by atoms with Gasteiger partial charge in [0.1, 0.15) is 5.03 Å². The second-order valence-electron chi connectivity index (χ2n) is 4.39. The minimum Gasteiger partial charge on any atom is -0.291 e. The highest BCUT2D eigenvalue weighted by atomic mass is 32.2. The van der Waals surface area contributed by atoms with Crippen molar-refractivity contribution < 1.29 is 8.42 Å². The van der Waals surface area contributed by atoms with Crippen molar-refractivity contribution in [1.82, 2.24) is 14.7 Å². The summed E-state index contributed by atoms with van der Waals surface area (Å²) in [6.07, 6.45) is 4.09. The van der Waals surface area contributed by atoms with E-state index in [1.807, 2.05) is 13.8 Å². The summed E-state index contributed by atoms with van der Waals surface area (Å²) in [4.78, 5) is 0.953. The number of aromatic nitrogens is 2. The Morgan fingerprint density at radius 2 is 2.21 bits per heavy atom. The van der Waals surface area contributed by atoms with E-state index in [4.69, 9.17) is 11.0 Å². The van der Waals surface area contributed by atoms with E-state index in [-0.39, 0.29) is 5.03 Å². The Bertz CT molecular complexity index is 695. The van der Waals surface area contributed by atoms with Crippen molar-refractivity contribution in [1.29, 1.82) is 5.26 Å². The van der Waals surface area contributed by atoms with Gasteiger partial charge in [-0.05, 0) is 13.3 Å². The average molecular weight is 281 g/mol. The molecule has 2 N–H and O–H groups in total. The van der Waals surface area contributed by atoms with Crippen LogP contribution in [-0.4, -0.2) is 29.4 Å². The number of nitriles is 1. The number of sulfone groups is 1. The number of hydrogen-bond acceptors (Lipinski definition) is 6. The first-order valence-corrected chi connectivity index (χ1v) is 7.64.